The van der Waals surface area contributed by atoms with Gasteiger partial charge in [-0.15, -0.1) is 0 Å². The number of ether oxygens (including phenoxy) is 2. The van der Waals surface area contributed by atoms with Crippen LogP contribution < -0.4 is 5.32 Å². The third-order valence-corrected chi connectivity index (χ3v) is 6.37. The Morgan fingerprint density at radius 2 is 1.81 bits per heavy atom. The molecule has 0 bridgehead atoms. The molecule has 0 rings (SSSR count). The van der Waals surface area contributed by atoms with Crippen molar-refractivity contribution in [1.29, 1.82) is 0 Å². The summed E-state index contributed by atoms with van der Waals surface area (Å²) in [6.45, 7) is 8.87. The number of alkyl carbamates (subject to hydrolysis) is 1. The third-order valence-electron chi connectivity index (χ3n) is 3.66. The van der Waals surface area contributed by atoms with Gasteiger partial charge in [0.1, 0.15) is 11.4 Å². The standard InChI is InChI=1S/C18H34NO6P/c1-8-9-10-11-12-15(16(20)23-6)13-26(22,24-7)14(2)19-17(21)25-18(3,4)5/h12,14H,8-11,13H2,1-7H3,(H,19,21)/b15-12-. The van der Waals surface area contributed by atoms with Gasteiger partial charge in [0.2, 0.25) is 7.37 Å². The van der Waals surface area contributed by atoms with E-state index in [4.69, 9.17) is 14.0 Å². The lowest BCUT2D eigenvalue weighted by Crippen LogP contribution is -2.38. The number of carbonyl (C=O) groups is 2. The minimum atomic E-state index is -3.37. The highest BCUT2D eigenvalue weighted by Crippen LogP contribution is 2.51. The smallest absolute Gasteiger partial charge is 0.408 e. The maximum Gasteiger partial charge on any atom is 0.408 e. The number of unbranched alkanes of at least 4 members (excludes halogenated alkanes) is 3. The van der Waals surface area contributed by atoms with Crippen LogP contribution in [0.4, 0.5) is 4.79 Å². The molecule has 0 spiro atoms. The van der Waals surface area contributed by atoms with Gasteiger partial charge in [-0.2, -0.15) is 0 Å². The van der Waals surface area contributed by atoms with Crippen molar-refractivity contribution in [2.24, 2.45) is 0 Å². The van der Waals surface area contributed by atoms with E-state index in [1.54, 1.807) is 33.8 Å². The van der Waals surface area contributed by atoms with E-state index < -0.39 is 30.8 Å². The number of esters is 1. The molecule has 0 saturated carbocycles. The topological polar surface area (TPSA) is 90.9 Å². The van der Waals surface area contributed by atoms with E-state index in [2.05, 4.69) is 12.2 Å². The van der Waals surface area contributed by atoms with E-state index in [9.17, 15) is 14.2 Å². The number of nitrogens with one attached hydrogen (secondary N) is 1. The summed E-state index contributed by atoms with van der Waals surface area (Å²) >= 11 is 0. The Hall–Kier alpha value is -1.33. The number of amides is 1. The fourth-order valence-corrected chi connectivity index (χ4v) is 3.94. The molecular weight excluding hydrogens is 357 g/mol. The molecule has 0 aliphatic heterocycles. The Morgan fingerprint density at radius 3 is 2.27 bits per heavy atom. The van der Waals surface area contributed by atoms with Gasteiger partial charge in [-0.1, -0.05) is 25.8 Å². The van der Waals surface area contributed by atoms with E-state index in [1.807, 2.05) is 0 Å². The van der Waals surface area contributed by atoms with Crippen LogP contribution in [0.25, 0.3) is 0 Å². The second-order valence-corrected chi connectivity index (χ2v) is 10.0. The van der Waals surface area contributed by atoms with Gasteiger partial charge in [0.25, 0.3) is 0 Å². The summed E-state index contributed by atoms with van der Waals surface area (Å²) in [7, 11) is -0.785. The molecule has 0 aromatic carbocycles. The van der Waals surface area contributed by atoms with Gasteiger partial charge in [-0.25, -0.2) is 9.59 Å². The van der Waals surface area contributed by atoms with Crippen LogP contribution in [-0.4, -0.2) is 43.8 Å². The largest absolute Gasteiger partial charge is 0.466 e. The summed E-state index contributed by atoms with van der Waals surface area (Å²) in [6, 6.07) is 0. The molecule has 7 nitrogen and oxygen atoms in total. The molecule has 1 amide bonds. The highest BCUT2D eigenvalue weighted by molar-refractivity contribution is 7.60. The van der Waals surface area contributed by atoms with E-state index in [1.165, 1.54) is 14.2 Å². The summed E-state index contributed by atoms with van der Waals surface area (Å²) in [5.41, 5.74) is -0.372. The molecule has 0 fully saturated rings. The fraction of sp³-hybridized carbons (Fsp3) is 0.778. The van der Waals surface area contributed by atoms with Gasteiger partial charge in [0.05, 0.1) is 13.3 Å². The van der Waals surface area contributed by atoms with Crippen LogP contribution >= 0.6 is 7.37 Å². The van der Waals surface area contributed by atoms with Gasteiger partial charge in [0, 0.05) is 12.7 Å². The van der Waals surface area contributed by atoms with Crippen molar-refractivity contribution in [3.8, 4) is 0 Å². The lowest BCUT2D eigenvalue weighted by Gasteiger charge is -2.26. The molecule has 0 saturated heterocycles. The molecule has 26 heavy (non-hydrogen) atoms. The number of hydrogen-bond donors (Lipinski definition) is 1. The summed E-state index contributed by atoms with van der Waals surface area (Å²) in [6.07, 6.45) is 4.68. The van der Waals surface area contributed by atoms with E-state index >= 15 is 0 Å². The number of allylic oxidation sites excluding steroid dienone is 1. The molecular formula is C18H34NO6P. The Balaban J connectivity index is 5.18. The maximum absolute atomic E-state index is 13.2. The zero-order valence-corrected chi connectivity index (χ0v) is 18.0. The molecule has 0 heterocycles. The minimum Gasteiger partial charge on any atom is -0.466 e. The van der Waals surface area contributed by atoms with Crippen molar-refractivity contribution in [3.05, 3.63) is 11.6 Å². The van der Waals surface area contributed by atoms with Crippen molar-refractivity contribution < 1.29 is 28.2 Å². The number of methoxy groups -OCH3 is 1. The first kappa shape index (κ1) is 24.7. The summed E-state index contributed by atoms with van der Waals surface area (Å²) in [5, 5.41) is 2.54. The molecule has 152 valence electrons. The third kappa shape index (κ3) is 9.39. The molecule has 0 aromatic rings. The minimum absolute atomic E-state index is 0.112. The van der Waals surface area contributed by atoms with Crippen LogP contribution in [0.3, 0.4) is 0 Å². The van der Waals surface area contributed by atoms with Crippen molar-refractivity contribution >= 4 is 19.4 Å². The first-order chi connectivity index (χ1) is 12.0. The van der Waals surface area contributed by atoms with Crippen molar-refractivity contribution in [2.45, 2.75) is 71.7 Å². The maximum atomic E-state index is 13.2. The van der Waals surface area contributed by atoms with Crippen molar-refractivity contribution in [3.63, 3.8) is 0 Å². The first-order valence-corrected chi connectivity index (χ1v) is 10.8. The fourth-order valence-electron chi connectivity index (χ4n) is 2.19. The monoisotopic (exact) mass is 391 g/mol. The van der Waals surface area contributed by atoms with Crippen LogP contribution in [-0.2, 0) is 23.4 Å². The SMILES string of the molecule is CCCCC/C=C(/CP(=O)(OC)C(C)NC(=O)OC(C)(C)C)C(=O)OC. The Kier molecular flexibility index (Phi) is 10.8. The average molecular weight is 391 g/mol. The zero-order valence-electron chi connectivity index (χ0n) is 17.1. The van der Waals surface area contributed by atoms with Crippen LogP contribution in [0.5, 0.6) is 0 Å². The molecule has 0 aromatic heterocycles. The molecule has 0 radical (unpaired) electrons. The highest BCUT2D eigenvalue weighted by atomic mass is 31.2. The lowest BCUT2D eigenvalue weighted by atomic mass is 10.1. The Bertz CT molecular complexity index is 538. The summed E-state index contributed by atoms with van der Waals surface area (Å²) in [4.78, 5) is 24.0. The first-order valence-electron chi connectivity index (χ1n) is 8.90. The molecule has 0 aliphatic rings. The van der Waals surface area contributed by atoms with Crippen LogP contribution in [0, 0.1) is 0 Å². The molecule has 0 aliphatic carbocycles. The molecule has 8 heteroatoms. The van der Waals surface area contributed by atoms with Crippen LogP contribution in [0.2, 0.25) is 0 Å². The van der Waals surface area contributed by atoms with E-state index in [0.717, 1.165) is 19.3 Å². The van der Waals surface area contributed by atoms with E-state index in [0.29, 0.717) is 12.0 Å². The predicted molar refractivity (Wildman–Crippen MR) is 103 cm³/mol. The normalized spacial score (nSPS) is 15.7. The quantitative estimate of drug-likeness (QED) is 0.256. The Labute approximate surface area is 157 Å². The number of carbonyl (C=O) groups excluding carboxylic acids is 2. The predicted octanol–water partition coefficient (Wildman–Crippen LogP) is 4.46. The highest BCUT2D eigenvalue weighted by Gasteiger charge is 2.35. The van der Waals surface area contributed by atoms with Crippen LogP contribution in [0.1, 0.15) is 60.3 Å². The lowest BCUT2D eigenvalue weighted by molar-refractivity contribution is -0.136. The van der Waals surface area contributed by atoms with Gasteiger partial charge < -0.3 is 19.3 Å². The molecule has 1 N–H and O–H groups in total. The molecule has 2 unspecified atom stereocenters. The summed E-state index contributed by atoms with van der Waals surface area (Å²) < 4.78 is 28.4. The Morgan fingerprint density at radius 1 is 1.19 bits per heavy atom. The zero-order chi connectivity index (χ0) is 20.4. The van der Waals surface area contributed by atoms with Crippen molar-refractivity contribution in [2.75, 3.05) is 20.4 Å². The van der Waals surface area contributed by atoms with Gasteiger partial charge in [-0.05, 0) is 40.5 Å². The van der Waals surface area contributed by atoms with Gasteiger partial charge in [0.15, 0.2) is 0 Å². The van der Waals surface area contributed by atoms with Gasteiger partial charge >= 0.3 is 12.1 Å². The second-order valence-electron chi connectivity index (χ2n) is 7.11. The van der Waals surface area contributed by atoms with Gasteiger partial charge in [-0.3, -0.25) is 4.57 Å². The molecule has 2 atom stereocenters. The average Bonchev–Trinajstić information content (AvgIpc) is 2.54. The second kappa shape index (κ2) is 11.4. The van der Waals surface area contributed by atoms with E-state index in [-0.39, 0.29) is 6.16 Å². The number of hydrogen-bond acceptors (Lipinski definition) is 6. The van der Waals surface area contributed by atoms with Crippen molar-refractivity contribution in [1.82, 2.24) is 5.32 Å². The van der Waals surface area contributed by atoms with Crippen LogP contribution in [0.15, 0.2) is 11.6 Å². The number of rotatable bonds is 10. The summed E-state index contributed by atoms with van der Waals surface area (Å²) in [5.74, 6) is -1.35.